The number of aryl methyl sites for hydroxylation is 2. The Morgan fingerprint density at radius 3 is 1.96 bits per heavy atom. The van der Waals surface area contributed by atoms with Gasteiger partial charge in [0.15, 0.2) is 5.78 Å². The summed E-state index contributed by atoms with van der Waals surface area (Å²) in [6.07, 6.45) is 7.10. The number of hydrogen-bond donors (Lipinski definition) is 3. The number of carbonyl (C=O) groups excluding carboxylic acids is 4. The van der Waals surface area contributed by atoms with Gasteiger partial charge in [0.05, 0.1) is 58.9 Å². The van der Waals surface area contributed by atoms with Gasteiger partial charge in [0.25, 0.3) is 0 Å². The largest absolute Gasteiger partial charge is 0.497 e. The molecule has 0 saturated carbocycles. The molecule has 73 heavy (non-hydrogen) atoms. The van der Waals surface area contributed by atoms with Crippen LogP contribution in [0.1, 0.15) is 121 Å². The van der Waals surface area contributed by atoms with Gasteiger partial charge in [-0.3, -0.25) is 24.2 Å². The van der Waals surface area contributed by atoms with Gasteiger partial charge in [0.2, 0.25) is 17.7 Å². The normalized spacial score (nSPS) is 12.7. The molecule has 412 valence electrons. The number of unbranched alkanes of at least 4 members (excludes halogenated alkanes) is 3. The Kier molecular flexibility index (Phi) is 31.1. The molecule has 1 heterocycles. The van der Waals surface area contributed by atoms with E-state index in [0.717, 1.165) is 72.6 Å². The highest BCUT2D eigenvalue weighted by atomic mass is 32.2. The number of amides is 3. The minimum atomic E-state index is -0.893. The van der Waals surface area contributed by atoms with E-state index in [-0.39, 0.29) is 35.7 Å². The summed E-state index contributed by atoms with van der Waals surface area (Å²) < 4.78 is 41.9. The highest BCUT2D eigenvalue weighted by Gasteiger charge is 2.29. The van der Waals surface area contributed by atoms with Gasteiger partial charge in [0, 0.05) is 89.3 Å². The Labute approximate surface area is 441 Å². The molecule has 0 aliphatic carbocycles. The molecule has 3 rings (SSSR count). The lowest BCUT2D eigenvalue weighted by atomic mass is 9.98. The van der Waals surface area contributed by atoms with Crippen LogP contribution in [0.25, 0.3) is 0 Å². The molecule has 1 aliphatic heterocycles. The van der Waals surface area contributed by atoms with E-state index in [4.69, 9.17) is 33.2 Å². The van der Waals surface area contributed by atoms with Gasteiger partial charge in [-0.05, 0) is 128 Å². The number of nitrogens with zero attached hydrogens (tertiary/aromatic N) is 3. The summed E-state index contributed by atoms with van der Waals surface area (Å²) >= 11 is 1.66. The molecule has 18 heteroatoms. The number of nitrogens with one attached hydrogen (secondary N) is 3. The van der Waals surface area contributed by atoms with Crippen LogP contribution in [-0.2, 0) is 54.1 Å². The summed E-state index contributed by atoms with van der Waals surface area (Å²) in [6.45, 7) is 19.7. The van der Waals surface area contributed by atoms with E-state index >= 15 is 0 Å². The van der Waals surface area contributed by atoms with Gasteiger partial charge in [-0.25, -0.2) is 4.31 Å². The zero-order valence-electron chi connectivity index (χ0n) is 45.8. The fourth-order valence-electron chi connectivity index (χ4n) is 7.60. The maximum absolute atomic E-state index is 13.5. The molecule has 3 N–H and O–H groups in total. The summed E-state index contributed by atoms with van der Waals surface area (Å²) in [6, 6.07) is 12.3. The molecule has 0 fully saturated rings. The van der Waals surface area contributed by atoms with E-state index < -0.39 is 5.60 Å². The van der Waals surface area contributed by atoms with E-state index in [1.807, 2.05) is 62.2 Å². The predicted octanol–water partition coefficient (Wildman–Crippen LogP) is 7.01. The van der Waals surface area contributed by atoms with Crippen LogP contribution in [0.4, 0.5) is 0 Å². The summed E-state index contributed by atoms with van der Waals surface area (Å²) in [4.78, 5) is 58.2. The number of aliphatic imine (C=N–C) groups is 1. The maximum Gasteiger partial charge on any atom is 0.248 e. The van der Waals surface area contributed by atoms with Crippen LogP contribution >= 0.6 is 11.9 Å². The molecule has 17 nitrogen and oxygen atoms in total. The summed E-state index contributed by atoms with van der Waals surface area (Å²) in [5.41, 5.74) is 3.17. The molecule has 0 saturated heterocycles. The van der Waals surface area contributed by atoms with Crippen molar-refractivity contribution in [1.29, 1.82) is 0 Å². The molecule has 0 radical (unpaired) electrons. The van der Waals surface area contributed by atoms with Crippen LogP contribution in [0.5, 0.6) is 5.75 Å². The second-order valence-corrected chi connectivity index (χ2v) is 20.7. The third kappa shape index (κ3) is 27.3. The number of benzene rings is 2. The number of carbonyl (C=O) groups is 4. The maximum atomic E-state index is 13.5. The quantitative estimate of drug-likeness (QED) is 0.0455. The van der Waals surface area contributed by atoms with Crippen LogP contribution in [-0.4, -0.2) is 170 Å². The number of Topliss-reactive ketones (excluding diaryl/α,β-unsaturated/α-hetero) is 1. The Bertz CT molecular complexity index is 1930. The first-order valence-electron chi connectivity index (χ1n) is 26.3. The van der Waals surface area contributed by atoms with E-state index in [1.165, 1.54) is 4.90 Å². The number of hydrogen-bond acceptors (Lipinski definition) is 15. The van der Waals surface area contributed by atoms with Crippen molar-refractivity contribution in [3.05, 3.63) is 58.7 Å². The number of methoxy groups -OCH3 is 2. The van der Waals surface area contributed by atoms with Crippen LogP contribution in [0.15, 0.2) is 46.3 Å². The molecule has 0 atom stereocenters. The fraction of sp³-hybridized carbons (Fsp3) is 0.691. The molecule has 0 spiro atoms. The number of ketones is 1. The van der Waals surface area contributed by atoms with Crippen LogP contribution < -0.4 is 20.7 Å². The van der Waals surface area contributed by atoms with Gasteiger partial charge in [-0.15, -0.1) is 0 Å². The SMILES string of the molecule is COc1cc(C)c(SN(C)CCOCC(=O)N(CCCOCCOCCOCCCNC(=O)CCCCCCNC(=O)CCCC(=O)C(C)(C)OCCC(C)(C)OC)Cc2ccc(C3=NCCN3)cc2)c(C)c1. The zero-order chi connectivity index (χ0) is 53.3. The number of rotatable bonds is 42. The Morgan fingerprint density at radius 1 is 0.712 bits per heavy atom. The first-order chi connectivity index (χ1) is 35.0. The lowest BCUT2D eigenvalue weighted by Crippen LogP contribution is -2.37. The standard InChI is InChI=1S/C55H90N6O11S/c1-43-39-47(66-8)40-44(2)52(43)73-60(7)30-34-71-42-51(65)61(41-45-20-22-46(23-21-45)53-58-27-28-59-53)29-16-32-69-36-38-70-37-35-68-31-15-26-57-49(63)18-12-10-11-13-25-56-50(64)19-14-17-48(62)55(5,6)72-33-24-54(3,4)67-9/h20-23,39-40H,10-19,24-38,41-42H2,1-9H3,(H,56,64)(H,57,63)(H,58,59). The van der Waals surface area contributed by atoms with Crippen LogP contribution in [0.3, 0.4) is 0 Å². The topological polar surface area (TPSA) is 188 Å². The van der Waals surface area contributed by atoms with Crippen molar-refractivity contribution in [2.45, 2.75) is 135 Å². The lowest BCUT2D eigenvalue weighted by molar-refractivity contribution is -0.142. The third-order valence-electron chi connectivity index (χ3n) is 12.4. The number of amidine groups is 1. The van der Waals surface area contributed by atoms with Gasteiger partial charge < -0.3 is 54.0 Å². The molecule has 3 amide bonds. The molecule has 0 bridgehead atoms. The Morgan fingerprint density at radius 2 is 1.33 bits per heavy atom. The fourth-order valence-corrected chi connectivity index (χ4v) is 8.49. The monoisotopic (exact) mass is 1040 g/mol. The molecular weight excluding hydrogens is 953 g/mol. The van der Waals surface area contributed by atoms with Crippen molar-refractivity contribution < 1.29 is 52.3 Å². The van der Waals surface area contributed by atoms with Crippen LogP contribution in [0.2, 0.25) is 0 Å². The van der Waals surface area contributed by atoms with Gasteiger partial charge in [0.1, 0.15) is 23.8 Å². The summed E-state index contributed by atoms with van der Waals surface area (Å²) in [7, 11) is 5.36. The second-order valence-electron chi connectivity index (χ2n) is 19.5. The summed E-state index contributed by atoms with van der Waals surface area (Å²) in [5, 5.41) is 9.20. The van der Waals surface area contributed by atoms with Gasteiger partial charge >= 0.3 is 0 Å². The van der Waals surface area contributed by atoms with Crippen molar-refractivity contribution in [3.8, 4) is 5.75 Å². The molecule has 0 unspecified atom stereocenters. The average Bonchev–Trinajstić information content (AvgIpc) is 3.91. The Hall–Kier alpha value is -4.14. The summed E-state index contributed by atoms with van der Waals surface area (Å²) in [5.74, 6) is 1.66. The van der Waals surface area contributed by atoms with Crippen molar-refractivity contribution in [2.75, 3.05) is 120 Å². The lowest BCUT2D eigenvalue weighted by Gasteiger charge is -2.28. The van der Waals surface area contributed by atoms with E-state index in [2.05, 4.69) is 39.1 Å². The minimum Gasteiger partial charge on any atom is -0.497 e. The van der Waals surface area contributed by atoms with Crippen molar-refractivity contribution >= 4 is 41.3 Å². The van der Waals surface area contributed by atoms with E-state index in [0.29, 0.717) is 131 Å². The first kappa shape index (κ1) is 63.2. The first-order valence-corrected chi connectivity index (χ1v) is 27.1. The molecule has 2 aromatic rings. The molecular formula is C55H90N6O11S. The smallest absolute Gasteiger partial charge is 0.248 e. The molecule has 1 aliphatic rings. The predicted molar refractivity (Wildman–Crippen MR) is 288 cm³/mol. The second kappa shape index (κ2) is 35.9. The highest BCUT2D eigenvalue weighted by Crippen LogP contribution is 2.31. The van der Waals surface area contributed by atoms with Crippen molar-refractivity contribution in [3.63, 3.8) is 0 Å². The molecule has 2 aromatic carbocycles. The average molecular weight is 1040 g/mol. The minimum absolute atomic E-state index is 0.00327. The van der Waals surface area contributed by atoms with E-state index in [1.54, 1.807) is 40.0 Å². The molecule has 0 aromatic heterocycles. The van der Waals surface area contributed by atoms with Crippen LogP contribution in [0, 0.1) is 13.8 Å². The van der Waals surface area contributed by atoms with Crippen molar-refractivity contribution in [2.24, 2.45) is 4.99 Å². The number of ether oxygens (including phenoxy) is 7. The van der Waals surface area contributed by atoms with Crippen molar-refractivity contribution in [1.82, 2.24) is 25.2 Å². The third-order valence-corrected chi connectivity index (χ3v) is 13.7. The zero-order valence-corrected chi connectivity index (χ0v) is 46.6. The Balaban J connectivity index is 1.17. The van der Waals surface area contributed by atoms with Gasteiger partial charge in [-0.2, -0.15) is 0 Å². The highest BCUT2D eigenvalue weighted by molar-refractivity contribution is 7.97. The van der Waals surface area contributed by atoms with E-state index in [9.17, 15) is 19.2 Å². The van der Waals surface area contributed by atoms with Gasteiger partial charge in [-0.1, -0.05) is 37.1 Å². The number of likely N-dealkylation sites (N-methyl/N-ethyl adjacent to an activating group) is 1.